The minimum atomic E-state index is -1.47. The summed E-state index contributed by atoms with van der Waals surface area (Å²) in [6.45, 7) is 3.06. The lowest BCUT2D eigenvalue weighted by Gasteiger charge is -2.23. The second kappa shape index (κ2) is 8.03. The summed E-state index contributed by atoms with van der Waals surface area (Å²) in [6.07, 6.45) is 0.469. The number of anilines is 1. The van der Waals surface area contributed by atoms with E-state index in [2.05, 4.69) is 10.6 Å². The Kier molecular flexibility index (Phi) is 6.02. The maximum absolute atomic E-state index is 13.6. The highest BCUT2D eigenvalue weighted by Crippen LogP contribution is 2.21. The minimum absolute atomic E-state index is 0.205. The van der Waals surface area contributed by atoms with Gasteiger partial charge in [-0.2, -0.15) is 0 Å². The second-order valence-corrected chi connectivity index (χ2v) is 6.34. The number of carbonyl (C=O) groups is 2. The van der Waals surface area contributed by atoms with Crippen LogP contribution in [0, 0.1) is 22.9 Å². The van der Waals surface area contributed by atoms with Crippen LogP contribution < -0.4 is 10.6 Å². The van der Waals surface area contributed by atoms with E-state index in [1.165, 1.54) is 26.0 Å². The van der Waals surface area contributed by atoms with Crippen molar-refractivity contribution in [2.75, 3.05) is 11.9 Å². The minimum Gasteiger partial charge on any atom is -0.355 e. The number of rotatable bonds is 6. The fraction of sp³-hybridized carbons (Fsp3) is 0.263. The van der Waals surface area contributed by atoms with E-state index in [0.717, 1.165) is 17.7 Å². The molecule has 0 radical (unpaired) electrons. The Bertz CT molecular complexity index is 805. The first-order valence-electron chi connectivity index (χ1n) is 7.99. The third kappa shape index (κ3) is 4.84. The molecule has 0 saturated heterocycles. The predicted octanol–water partition coefficient (Wildman–Crippen LogP) is 3.43. The zero-order valence-corrected chi connectivity index (χ0v) is 14.4. The predicted molar refractivity (Wildman–Crippen MR) is 91.9 cm³/mol. The molecule has 0 aliphatic rings. The molecule has 26 heavy (non-hydrogen) atoms. The van der Waals surface area contributed by atoms with Crippen LogP contribution in [0.1, 0.15) is 19.4 Å². The number of amides is 2. The van der Waals surface area contributed by atoms with Gasteiger partial charge in [0, 0.05) is 12.6 Å². The first-order valence-corrected chi connectivity index (χ1v) is 7.99. The van der Waals surface area contributed by atoms with Crippen LogP contribution in [0.25, 0.3) is 0 Å². The highest BCUT2D eigenvalue weighted by Gasteiger charge is 2.36. The largest absolute Gasteiger partial charge is 0.355 e. The smallest absolute Gasteiger partial charge is 0.239 e. The van der Waals surface area contributed by atoms with Gasteiger partial charge in [0.1, 0.15) is 22.9 Å². The molecule has 2 amide bonds. The van der Waals surface area contributed by atoms with Crippen molar-refractivity contribution in [1.82, 2.24) is 5.32 Å². The monoisotopic (exact) mass is 364 g/mol. The molecule has 0 spiro atoms. The third-order valence-electron chi connectivity index (χ3n) is 3.93. The van der Waals surface area contributed by atoms with E-state index in [-0.39, 0.29) is 18.0 Å². The number of nitrogens with one attached hydrogen (secondary N) is 2. The molecule has 0 fully saturated rings. The molecule has 2 aromatic carbocycles. The van der Waals surface area contributed by atoms with Crippen LogP contribution in [0.15, 0.2) is 42.5 Å². The van der Waals surface area contributed by atoms with Crippen molar-refractivity contribution in [3.8, 4) is 0 Å². The molecule has 0 unspecified atom stereocenters. The van der Waals surface area contributed by atoms with Crippen LogP contribution in [0.4, 0.5) is 18.9 Å². The first kappa shape index (κ1) is 19.5. The molecule has 2 N–H and O–H groups in total. The SMILES string of the molecule is CC(C)(C(=O)NCCc1ccc(F)cc1)C(=O)Nc1ccc(F)cc1F. The average Bonchev–Trinajstić information content (AvgIpc) is 2.58. The van der Waals surface area contributed by atoms with Crippen LogP contribution in [-0.4, -0.2) is 18.4 Å². The summed E-state index contributed by atoms with van der Waals surface area (Å²) in [5.74, 6) is -3.30. The normalized spacial score (nSPS) is 11.1. The second-order valence-electron chi connectivity index (χ2n) is 6.34. The van der Waals surface area contributed by atoms with Crippen molar-refractivity contribution in [3.63, 3.8) is 0 Å². The van der Waals surface area contributed by atoms with E-state index < -0.39 is 28.9 Å². The van der Waals surface area contributed by atoms with Gasteiger partial charge in [-0.25, -0.2) is 13.2 Å². The number of hydrogen-bond donors (Lipinski definition) is 2. The maximum Gasteiger partial charge on any atom is 0.239 e. The third-order valence-corrected chi connectivity index (χ3v) is 3.93. The van der Waals surface area contributed by atoms with Crippen LogP contribution in [0.3, 0.4) is 0 Å². The Labute approximate surface area is 149 Å². The molecule has 0 aliphatic heterocycles. The van der Waals surface area contributed by atoms with Crippen LogP contribution in [0.5, 0.6) is 0 Å². The lowest BCUT2D eigenvalue weighted by Crippen LogP contribution is -2.45. The van der Waals surface area contributed by atoms with Crippen molar-refractivity contribution in [3.05, 3.63) is 65.5 Å². The number of halogens is 3. The molecule has 0 heterocycles. The lowest BCUT2D eigenvalue weighted by molar-refractivity contribution is -0.138. The van der Waals surface area contributed by atoms with Gasteiger partial charge in [0.2, 0.25) is 11.8 Å². The van der Waals surface area contributed by atoms with Crippen molar-refractivity contribution in [1.29, 1.82) is 0 Å². The molecule has 7 heteroatoms. The lowest BCUT2D eigenvalue weighted by atomic mass is 9.90. The van der Waals surface area contributed by atoms with Gasteiger partial charge in [-0.1, -0.05) is 12.1 Å². The molecule has 4 nitrogen and oxygen atoms in total. The summed E-state index contributed by atoms with van der Waals surface area (Å²) in [7, 11) is 0. The molecule has 0 atom stereocenters. The van der Waals surface area contributed by atoms with E-state index in [9.17, 15) is 22.8 Å². The molecular weight excluding hydrogens is 345 g/mol. The number of benzene rings is 2. The van der Waals surface area contributed by atoms with Gasteiger partial charge in [-0.15, -0.1) is 0 Å². The molecule has 0 aliphatic carbocycles. The van der Waals surface area contributed by atoms with Crippen molar-refractivity contribution < 1.29 is 22.8 Å². The summed E-state index contributed by atoms with van der Waals surface area (Å²) in [5, 5.41) is 4.92. The van der Waals surface area contributed by atoms with Gasteiger partial charge in [-0.05, 0) is 50.1 Å². The van der Waals surface area contributed by atoms with Gasteiger partial charge in [0.05, 0.1) is 5.69 Å². The quantitative estimate of drug-likeness (QED) is 0.772. The molecule has 0 saturated carbocycles. The van der Waals surface area contributed by atoms with Crippen LogP contribution >= 0.6 is 0 Å². The molecule has 2 rings (SSSR count). The molecule has 0 bridgehead atoms. The topological polar surface area (TPSA) is 58.2 Å². The summed E-state index contributed by atoms with van der Waals surface area (Å²) in [6, 6.07) is 8.61. The molecule has 138 valence electrons. The zero-order valence-electron chi connectivity index (χ0n) is 14.4. The summed E-state index contributed by atoms with van der Waals surface area (Å²) in [5.41, 5.74) is -0.838. The van der Waals surface area contributed by atoms with Gasteiger partial charge in [-0.3, -0.25) is 9.59 Å². The fourth-order valence-electron chi connectivity index (χ4n) is 2.16. The van der Waals surface area contributed by atoms with E-state index in [1.807, 2.05) is 0 Å². The standard InChI is InChI=1S/C19H19F3N2O2/c1-19(2,18(26)24-16-8-7-14(21)11-15(16)22)17(25)23-10-9-12-3-5-13(20)6-4-12/h3-8,11H,9-10H2,1-2H3,(H,23,25)(H,24,26). The van der Waals surface area contributed by atoms with Crippen molar-refractivity contribution >= 4 is 17.5 Å². The number of hydrogen-bond acceptors (Lipinski definition) is 2. The molecular formula is C19H19F3N2O2. The Hall–Kier alpha value is -2.83. The fourth-order valence-corrected chi connectivity index (χ4v) is 2.16. The van der Waals surface area contributed by atoms with E-state index in [0.29, 0.717) is 12.5 Å². The Morgan fingerprint density at radius 3 is 2.15 bits per heavy atom. The van der Waals surface area contributed by atoms with Gasteiger partial charge >= 0.3 is 0 Å². The van der Waals surface area contributed by atoms with Crippen LogP contribution in [-0.2, 0) is 16.0 Å². The van der Waals surface area contributed by atoms with E-state index in [4.69, 9.17) is 0 Å². The van der Waals surface area contributed by atoms with Gasteiger partial charge in [0.15, 0.2) is 0 Å². The zero-order chi connectivity index (χ0) is 19.3. The van der Waals surface area contributed by atoms with E-state index >= 15 is 0 Å². The molecule has 0 aromatic heterocycles. The number of carbonyl (C=O) groups excluding carboxylic acids is 2. The van der Waals surface area contributed by atoms with Crippen molar-refractivity contribution in [2.24, 2.45) is 5.41 Å². The van der Waals surface area contributed by atoms with E-state index in [1.54, 1.807) is 12.1 Å². The first-order chi connectivity index (χ1) is 12.2. The highest BCUT2D eigenvalue weighted by atomic mass is 19.1. The average molecular weight is 364 g/mol. The van der Waals surface area contributed by atoms with Crippen molar-refractivity contribution in [2.45, 2.75) is 20.3 Å². The Balaban J connectivity index is 1.93. The summed E-state index contributed by atoms with van der Waals surface area (Å²) in [4.78, 5) is 24.6. The highest BCUT2D eigenvalue weighted by molar-refractivity contribution is 6.09. The van der Waals surface area contributed by atoms with Crippen LogP contribution in [0.2, 0.25) is 0 Å². The Morgan fingerprint density at radius 1 is 0.923 bits per heavy atom. The van der Waals surface area contributed by atoms with Gasteiger partial charge < -0.3 is 10.6 Å². The summed E-state index contributed by atoms with van der Waals surface area (Å²) < 4.78 is 39.4. The maximum atomic E-state index is 13.6. The molecule has 2 aromatic rings. The summed E-state index contributed by atoms with van der Waals surface area (Å²) >= 11 is 0. The van der Waals surface area contributed by atoms with Gasteiger partial charge in [0.25, 0.3) is 0 Å². The Morgan fingerprint density at radius 2 is 1.54 bits per heavy atom.